The molecule has 2 aromatic rings. The second kappa shape index (κ2) is 5.69. The molecule has 0 saturated carbocycles. The summed E-state index contributed by atoms with van der Waals surface area (Å²) in [5, 5.41) is 5.24. The Hall–Kier alpha value is -1.53. The molecule has 1 aromatic carbocycles. The van der Waals surface area contributed by atoms with Crippen molar-refractivity contribution in [2.45, 2.75) is 25.2 Å². The summed E-state index contributed by atoms with van der Waals surface area (Å²) in [6.07, 6.45) is 0.291. The van der Waals surface area contributed by atoms with Crippen LogP contribution >= 0.6 is 27.3 Å². The molecule has 0 radical (unpaired) electrons. The van der Waals surface area contributed by atoms with Gasteiger partial charge in [0.15, 0.2) is 0 Å². The SMILES string of the molecule is Cc1csc(C2CC(=O)NC(=O)C2c2ccc(Br)cc2)n1. The number of hydrogen-bond acceptors (Lipinski definition) is 4. The number of carbonyl (C=O) groups excluding carboxylic acids is 2. The fourth-order valence-electron chi connectivity index (χ4n) is 2.59. The standard InChI is InChI=1S/C15H13BrN2O2S/c1-8-7-21-15(17-8)11-6-12(19)18-14(20)13(11)9-2-4-10(16)5-3-9/h2-5,7,11,13H,6H2,1H3,(H,18,19,20). The van der Waals surface area contributed by atoms with Crippen LogP contribution < -0.4 is 5.32 Å². The first kappa shape index (κ1) is 14.4. The van der Waals surface area contributed by atoms with Crippen LogP contribution in [0.25, 0.3) is 0 Å². The van der Waals surface area contributed by atoms with Gasteiger partial charge in [0, 0.05) is 27.9 Å². The third-order valence-electron chi connectivity index (χ3n) is 3.54. The number of amides is 2. The first-order valence-electron chi connectivity index (χ1n) is 6.56. The number of halogens is 1. The lowest BCUT2D eigenvalue weighted by Crippen LogP contribution is -2.43. The number of benzene rings is 1. The van der Waals surface area contributed by atoms with Crippen LogP contribution in [0.5, 0.6) is 0 Å². The van der Waals surface area contributed by atoms with Gasteiger partial charge in [0.2, 0.25) is 11.8 Å². The van der Waals surface area contributed by atoms with Gasteiger partial charge in [-0.2, -0.15) is 0 Å². The number of aryl methyl sites for hydroxylation is 1. The lowest BCUT2D eigenvalue weighted by Gasteiger charge is -2.29. The molecule has 1 aliphatic heterocycles. The van der Waals surface area contributed by atoms with E-state index in [4.69, 9.17) is 0 Å². The first-order valence-corrected chi connectivity index (χ1v) is 8.23. The van der Waals surface area contributed by atoms with Crippen molar-refractivity contribution in [2.24, 2.45) is 0 Å². The highest BCUT2D eigenvalue weighted by Gasteiger charge is 2.39. The first-order chi connectivity index (χ1) is 10.0. The molecule has 2 unspecified atom stereocenters. The fraction of sp³-hybridized carbons (Fsp3) is 0.267. The zero-order valence-corrected chi connectivity index (χ0v) is 13.7. The summed E-state index contributed by atoms with van der Waals surface area (Å²) in [7, 11) is 0. The molecule has 1 aliphatic rings. The largest absolute Gasteiger partial charge is 0.296 e. The van der Waals surface area contributed by atoms with E-state index in [1.807, 2.05) is 36.6 Å². The Morgan fingerprint density at radius 2 is 2.00 bits per heavy atom. The van der Waals surface area contributed by atoms with E-state index in [9.17, 15) is 9.59 Å². The van der Waals surface area contributed by atoms with Crippen molar-refractivity contribution in [1.82, 2.24) is 10.3 Å². The normalized spacial score (nSPS) is 22.2. The molecule has 2 heterocycles. The Bertz CT molecular complexity index is 696. The number of carbonyl (C=O) groups is 2. The van der Waals surface area contributed by atoms with Crippen molar-refractivity contribution in [1.29, 1.82) is 0 Å². The fourth-order valence-corrected chi connectivity index (χ4v) is 3.79. The molecule has 1 fully saturated rings. The molecular formula is C15H13BrN2O2S. The van der Waals surface area contributed by atoms with Gasteiger partial charge in [-0.05, 0) is 24.6 Å². The summed E-state index contributed by atoms with van der Waals surface area (Å²) in [6, 6.07) is 7.64. The molecule has 2 amide bonds. The summed E-state index contributed by atoms with van der Waals surface area (Å²) in [6.45, 7) is 1.92. The number of thiazole rings is 1. The van der Waals surface area contributed by atoms with Gasteiger partial charge in [0.1, 0.15) is 0 Å². The Morgan fingerprint density at radius 3 is 2.62 bits per heavy atom. The average molecular weight is 365 g/mol. The maximum absolute atomic E-state index is 12.3. The van der Waals surface area contributed by atoms with Crippen molar-refractivity contribution in [3.05, 3.63) is 50.4 Å². The quantitative estimate of drug-likeness (QED) is 0.832. The number of nitrogens with zero attached hydrogens (tertiary/aromatic N) is 1. The molecular weight excluding hydrogens is 352 g/mol. The number of aromatic nitrogens is 1. The molecule has 1 aromatic heterocycles. The van der Waals surface area contributed by atoms with Crippen LogP contribution in [0.15, 0.2) is 34.1 Å². The van der Waals surface area contributed by atoms with Crippen molar-refractivity contribution in [2.75, 3.05) is 0 Å². The third kappa shape index (κ3) is 2.91. The van der Waals surface area contributed by atoms with Crippen molar-refractivity contribution >= 4 is 39.1 Å². The van der Waals surface area contributed by atoms with Gasteiger partial charge >= 0.3 is 0 Å². The molecule has 0 bridgehead atoms. The highest BCUT2D eigenvalue weighted by atomic mass is 79.9. The van der Waals surface area contributed by atoms with Gasteiger partial charge in [-0.25, -0.2) is 4.98 Å². The van der Waals surface area contributed by atoms with Crippen LogP contribution in [-0.2, 0) is 9.59 Å². The van der Waals surface area contributed by atoms with Crippen LogP contribution in [0.2, 0.25) is 0 Å². The number of imide groups is 1. The van der Waals surface area contributed by atoms with E-state index in [1.54, 1.807) is 0 Å². The van der Waals surface area contributed by atoms with Gasteiger partial charge in [0.05, 0.1) is 10.9 Å². The summed E-state index contributed by atoms with van der Waals surface area (Å²) in [4.78, 5) is 28.5. The summed E-state index contributed by atoms with van der Waals surface area (Å²) in [5.74, 6) is -1.04. The second-order valence-corrected chi connectivity index (χ2v) is 6.88. The molecule has 0 spiro atoms. The number of piperidine rings is 1. The van der Waals surface area contributed by atoms with E-state index in [-0.39, 0.29) is 23.7 Å². The van der Waals surface area contributed by atoms with E-state index in [0.717, 1.165) is 20.7 Å². The lowest BCUT2D eigenvalue weighted by atomic mass is 9.81. The van der Waals surface area contributed by atoms with Gasteiger partial charge < -0.3 is 0 Å². The Labute approximate surface area is 134 Å². The zero-order chi connectivity index (χ0) is 15.0. The van der Waals surface area contributed by atoms with Gasteiger partial charge in [0.25, 0.3) is 0 Å². The van der Waals surface area contributed by atoms with Crippen molar-refractivity contribution in [3.8, 4) is 0 Å². The van der Waals surface area contributed by atoms with Crippen molar-refractivity contribution < 1.29 is 9.59 Å². The Kier molecular flexibility index (Phi) is 3.91. The average Bonchev–Trinajstić information content (AvgIpc) is 2.86. The van der Waals surface area contributed by atoms with E-state index in [0.29, 0.717) is 6.42 Å². The van der Waals surface area contributed by atoms with Crippen molar-refractivity contribution in [3.63, 3.8) is 0 Å². The molecule has 108 valence electrons. The summed E-state index contributed by atoms with van der Waals surface area (Å²) >= 11 is 4.90. The number of hydrogen-bond donors (Lipinski definition) is 1. The van der Waals surface area contributed by atoms with Crippen LogP contribution in [0, 0.1) is 6.92 Å². The Morgan fingerprint density at radius 1 is 1.29 bits per heavy atom. The van der Waals surface area contributed by atoms with Crippen LogP contribution in [0.1, 0.15) is 34.5 Å². The van der Waals surface area contributed by atoms with Crippen LogP contribution in [-0.4, -0.2) is 16.8 Å². The van der Waals surface area contributed by atoms with Gasteiger partial charge in [-0.1, -0.05) is 28.1 Å². The van der Waals surface area contributed by atoms with E-state index in [2.05, 4.69) is 26.2 Å². The minimum absolute atomic E-state index is 0.189. The highest BCUT2D eigenvalue weighted by Crippen LogP contribution is 2.39. The van der Waals surface area contributed by atoms with E-state index < -0.39 is 0 Å². The molecule has 6 heteroatoms. The molecule has 4 nitrogen and oxygen atoms in total. The second-order valence-electron chi connectivity index (χ2n) is 5.08. The minimum Gasteiger partial charge on any atom is -0.296 e. The maximum atomic E-state index is 12.3. The molecule has 3 rings (SSSR count). The Balaban J connectivity index is 2.02. The predicted octanol–water partition coefficient (Wildman–Crippen LogP) is 3.13. The van der Waals surface area contributed by atoms with Crippen LogP contribution in [0.3, 0.4) is 0 Å². The predicted molar refractivity (Wildman–Crippen MR) is 84.2 cm³/mol. The van der Waals surface area contributed by atoms with Gasteiger partial charge in [-0.3, -0.25) is 14.9 Å². The molecule has 2 atom stereocenters. The highest BCUT2D eigenvalue weighted by molar-refractivity contribution is 9.10. The maximum Gasteiger partial charge on any atom is 0.234 e. The zero-order valence-electron chi connectivity index (χ0n) is 11.3. The number of rotatable bonds is 2. The molecule has 21 heavy (non-hydrogen) atoms. The third-order valence-corrected chi connectivity index (χ3v) is 5.16. The monoisotopic (exact) mass is 364 g/mol. The lowest BCUT2D eigenvalue weighted by molar-refractivity contribution is -0.135. The number of nitrogens with one attached hydrogen (secondary N) is 1. The van der Waals surface area contributed by atoms with Gasteiger partial charge in [-0.15, -0.1) is 11.3 Å². The van der Waals surface area contributed by atoms with E-state index >= 15 is 0 Å². The smallest absolute Gasteiger partial charge is 0.234 e. The van der Waals surface area contributed by atoms with E-state index in [1.165, 1.54) is 11.3 Å². The molecule has 0 aliphatic carbocycles. The van der Waals surface area contributed by atoms with Crippen LogP contribution in [0.4, 0.5) is 0 Å². The molecule has 1 N–H and O–H groups in total. The summed E-state index contributed by atoms with van der Waals surface area (Å²) in [5.41, 5.74) is 1.82. The topological polar surface area (TPSA) is 59.1 Å². The summed E-state index contributed by atoms with van der Waals surface area (Å²) < 4.78 is 0.959. The molecule has 1 saturated heterocycles. The minimum atomic E-state index is -0.374.